The number of methoxy groups -OCH3 is 3. The average Bonchev–Trinajstić information content (AvgIpc) is 3.14. The van der Waals surface area contributed by atoms with E-state index in [0.29, 0.717) is 28.4 Å². The Hall–Kier alpha value is -3.78. The first-order valence-electron chi connectivity index (χ1n) is 11.2. The maximum atomic E-state index is 13.4. The third kappa shape index (κ3) is 4.56. The number of halogens is 1. The number of rotatable bonds is 7. The highest BCUT2D eigenvalue weighted by molar-refractivity contribution is 9.10. The number of carbonyl (C=O) groups is 2. The van der Waals surface area contributed by atoms with Gasteiger partial charge >= 0.3 is 0 Å². The maximum Gasteiger partial charge on any atom is 0.295 e. The van der Waals surface area contributed by atoms with Crippen molar-refractivity contribution in [2.75, 3.05) is 21.3 Å². The summed E-state index contributed by atoms with van der Waals surface area (Å²) in [7, 11) is 4.59. The molecule has 0 radical (unpaired) electrons. The minimum Gasteiger partial charge on any atom is -0.507 e. The predicted octanol–water partition coefficient (Wildman–Crippen LogP) is 5.41. The molecular formula is C28H26BrNO6. The van der Waals surface area contributed by atoms with Crippen LogP contribution in [0.1, 0.15) is 28.3 Å². The molecule has 1 unspecified atom stereocenters. The summed E-state index contributed by atoms with van der Waals surface area (Å²) in [6.45, 7) is 1.98. The molecule has 0 spiro atoms. The van der Waals surface area contributed by atoms with Crippen LogP contribution in [-0.4, -0.2) is 43.0 Å². The lowest BCUT2D eigenvalue weighted by molar-refractivity contribution is -0.140. The van der Waals surface area contributed by atoms with Crippen LogP contribution in [0.4, 0.5) is 0 Å². The van der Waals surface area contributed by atoms with Gasteiger partial charge in [-0.25, -0.2) is 0 Å². The summed E-state index contributed by atoms with van der Waals surface area (Å²) >= 11 is 3.46. The monoisotopic (exact) mass is 551 g/mol. The first-order chi connectivity index (χ1) is 17.3. The summed E-state index contributed by atoms with van der Waals surface area (Å²) in [5.74, 6) is -0.178. The molecule has 8 heteroatoms. The van der Waals surface area contributed by atoms with Crippen LogP contribution in [0.2, 0.25) is 0 Å². The molecule has 1 N–H and O–H groups in total. The van der Waals surface area contributed by atoms with E-state index in [2.05, 4.69) is 15.9 Å². The molecule has 0 saturated carbocycles. The fourth-order valence-corrected chi connectivity index (χ4v) is 4.62. The van der Waals surface area contributed by atoms with Crippen molar-refractivity contribution in [2.24, 2.45) is 0 Å². The molecule has 4 rings (SSSR count). The molecule has 1 saturated heterocycles. The lowest BCUT2D eigenvalue weighted by Gasteiger charge is -2.26. The van der Waals surface area contributed by atoms with Gasteiger partial charge in [0.1, 0.15) is 11.5 Å². The quantitative estimate of drug-likeness (QED) is 0.240. The molecule has 1 aliphatic heterocycles. The molecule has 3 aromatic carbocycles. The minimum atomic E-state index is -0.862. The van der Waals surface area contributed by atoms with Crippen LogP contribution in [0.25, 0.3) is 5.76 Å². The molecule has 0 aliphatic carbocycles. The summed E-state index contributed by atoms with van der Waals surface area (Å²) in [6.07, 6.45) is 0. The van der Waals surface area contributed by atoms with Crippen molar-refractivity contribution >= 4 is 33.4 Å². The second kappa shape index (κ2) is 10.5. The van der Waals surface area contributed by atoms with E-state index in [0.717, 1.165) is 15.6 Å². The first kappa shape index (κ1) is 25.3. The largest absolute Gasteiger partial charge is 0.507 e. The van der Waals surface area contributed by atoms with Crippen LogP contribution >= 0.6 is 15.9 Å². The van der Waals surface area contributed by atoms with Crippen molar-refractivity contribution in [3.63, 3.8) is 0 Å². The van der Waals surface area contributed by atoms with Crippen molar-refractivity contribution in [2.45, 2.75) is 19.5 Å². The third-order valence-electron chi connectivity index (χ3n) is 6.23. The Kier molecular flexibility index (Phi) is 7.35. The maximum absolute atomic E-state index is 13.4. The number of Topliss-reactive ketones (excluding diaryl/α,β-unsaturated/α-hetero) is 1. The Balaban J connectivity index is 1.92. The van der Waals surface area contributed by atoms with Crippen molar-refractivity contribution in [3.05, 3.63) is 93.0 Å². The molecular weight excluding hydrogens is 526 g/mol. The van der Waals surface area contributed by atoms with E-state index in [9.17, 15) is 14.7 Å². The number of aryl methyl sites for hydroxylation is 1. The van der Waals surface area contributed by atoms with E-state index in [-0.39, 0.29) is 17.9 Å². The number of para-hydroxylation sites is 1. The van der Waals surface area contributed by atoms with E-state index >= 15 is 0 Å². The second-order valence-corrected chi connectivity index (χ2v) is 9.17. The number of ketones is 1. The molecule has 7 nitrogen and oxygen atoms in total. The van der Waals surface area contributed by atoms with Crippen LogP contribution in [0, 0.1) is 6.92 Å². The van der Waals surface area contributed by atoms with Gasteiger partial charge in [-0.1, -0.05) is 46.3 Å². The smallest absolute Gasteiger partial charge is 0.295 e. The third-order valence-corrected chi connectivity index (χ3v) is 7.12. The van der Waals surface area contributed by atoms with Gasteiger partial charge in [0.2, 0.25) is 0 Å². The minimum absolute atomic E-state index is 0.00356. The van der Waals surface area contributed by atoms with Gasteiger partial charge in [-0.15, -0.1) is 0 Å². The van der Waals surface area contributed by atoms with Gasteiger partial charge in [-0.05, 0) is 48.4 Å². The summed E-state index contributed by atoms with van der Waals surface area (Å²) in [5, 5.41) is 11.4. The van der Waals surface area contributed by atoms with E-state index in [1.54, 1.807) is 49.6 Å². The molecule has 0 aromatic heterocycles. The molecule has 1 heterocycles. The summed E-state index contributed by atoms with van der Waals surface area (Å²) in [5.41, 5.74) is 2.65. The summed E-state index contributed by atoms with van der Waals surface area (Å²) < 4.78 is 17.2. The van der Waals surface area contributed by atoms with Gasteiger partial charge in [0, 0.05) is 15.6 Å². The number of hydrogen-bond donors (Lipinski definition) is 1. The molecule has 1 aliphatic rings. The highest BCUT2D eigenvalue weighted by Gasteiger charge is 2.46. The van der Waals surface area contributed by atoms with E-state index < -0.39 is 17.7 Å². The average molecular weight is 552 g/mol. The lowest BCUT2D eigenvalue weighted by Crippen LogP contribution is -2.29. The number of nitrogens with zero attached hydrogens (tertiary/aromatic N) is 1. The summed E-state index contributed by atoms with van der Waals surface area (Å²) in [6, 6.07) is 16.9. The Bertz CT molecular complexity index is 1370. The Morgan fingerprint density at radius 2 is 1.61 bits per heavy atom. The SMILES string of the molecule is COc1ccccc1CN1C(=O)C(=O)/C(=C(\O)c2ccc(Br)c(C)c2)C1c1ccc(OC)c(OC)c1. The van der Waals surface area contributed by atoms with Crippen LogP contribution in [0.5, 0.6) is 17.2 Å². The van der Waals surface area contributed by atoms with Gasteiger partial charge in [0.15, 0.2) is 11.5 Å². The molecule has 36 heavy (non-hydrogen) atoms. The Morgan fingerprint density at radius 3 is 2.28 bits per heavy atom. The van der Waals surface area contributed by atoms with Crippen LogP contribution < -0.4 is 14.2 Å². The fraction of sp³-hybridized carbons (Fsp3) is 0.214. The van der Waals surface area contributed by atoms with Crippen molar-refractivity contribution in [1.82, 2.24) is 4.90 Å². The van der Waals surface area contributed by atoms with Crippen molar-refractivity contribution in [1.29, 1.82) is 0 Å². The van der Waals surface area contributed by atoms with Crippen LogP contribution in [0.15, 0.2) is 70.7 Å². The molecule has 1 amide bonds. The van der Waals surface area contributed by atoms with Gasteiger partial charge in [0.05, 0.1) is 39.5 Å². The van der Waals surface area contributed by atoms with Crippen LogP contribution in [0.3, 0.4) is 0 Å². The number of aliphatic hydroxyl groups is 1. The first-order valence-corrected chi connectivity index (χ1v) is 12.0. The van der Waals surface area contributed by atoms with Gasteiger partial charge in [-0.2, -0.15) is 0 Å². The number of carbonyl (C=O) groups excluding carboxylic acids is 2. The Morgan fingerprint density at radius 1 is 0.917 bits per heavy atom. The van der Waals surface area contributed by atoms with E-state index in [4.69, 9.17) is 14.2 Å². The lowest BCUT2D eigenvalue weighted by atomic mass is 9.94. The highest BCUT2D eigenvalue weighted by Crippen LogP contribution is 2.43. The van der Waals surface area contributed by atoms with Crippen molar-refractivity contribution < 1.29 is 28.9 Å². The number of ether oxygens (including phenoxy) is 3. The zero-order valence-electron chi connectivity index (χ0n) is 20.4. The normalized spacial score (nSPS) is 16.8. The standard InChI is InChI=1S/C28H26BrNO6/c1-16-13-18(9-11-20(16)29)26(31)24-25(17-10-12-22(35-3)23(14-17)36-4)30(28(33)27(24)32)15-19-7-5-6-8-21(19)34-2/h5-14,25,31H,15H2,1-4H3/b26-24-. The highest BCUT2D eigenvalue weighted by atomic mass is 79.9. The molecule has 0 bridgehead atoms. The van der Waals surface area contributed by atoms with E-state index in [1.807, 2.05) is 25.1 Å². The summed E-state index contributed by atoms with van der Waals surface area (Å²) in [4.78, 5) is 28.2. The topological polar surface area (TPSA) is 85.3 Å². The zero-order valence-corrected chi connectivity index (χ0v) is 22.0. The zero-order chi connectivity index (χ0) is 26.0. The number of benzene rings is 3. The van der Waals surface area contributed by atoms with Crippen molar-refractivity contribution in [3.8, 4) is 17.2 Å². The second-order valence-electron chi connectivity index (χ2n) is 8.32. The molecule has 1 fully saturated rings. The van der Waals surface area contributed by atoms with Gasteiger partial charge in [0.25, 0.3) is 11.7 Å². The molecule has 1 atom stereocenters. The molecule has 3 aromatic rings. The number of hydrogen-bond acceptors (Lipinski definition) is 6. The van der Waals surface area contributed by atoms with Crippen LogP contribution in [-0.2, 0) is 16.1 Å². The van der Waals surface area contributed by atoms with E-state index in [1.165, 1.54) is 19.1 Å². The fourth-order valence-electron chi connectivity index (χ4n) is 4.38. The number of aliphatic hydroxyl groups excluding tert-OH is 1. The van der Waals surface area contributed by atoms with Gasteiger partial charge in [-0.3, -0.25) is 9.59 Å². The number of likely N-dealkylation sites (tertiary alicyclic amines) is 1. The Labute approximate surface area is 218 Å². The predicted molar refractivity (Wildman–Crippen MR) is 139 cm³/mol. The number of amides is 1. The van der Waals surface area contributed by atoms with Gasteiger partial charge < -0.3 is 24.2 Å². The molecule has 186 valence electrons.